The summed E-state index contributed by atoms with van der Waals surface area (Å²) in [6, 6.07) is 3.07. The predicted molar refractivity (Wildman–Crippen MR) is 63.1 cm³/mol. The molecule has 0 saturated carbocycles. The zero-order valence-electron chi connectivity index (χ0n) is 9.81. The van der Waals surface area contributed by atoms with Crippen LogP contribution >= 0.6 is 0 Å². The van der Waals surface area contributed by atoms with Crippen LogP contribution in [-0.2, 0) is 0 Å². The van der Waals surface area contributed by atoms with E-state index in [-0.39, 0.29) is 12.2 Å². The number of ether oxygens (including phenoxy) is 1. The summed E-state index contributed by atoms with van der Waals surface area (Å²) in [5.74, 6) is -0.198. The first-order valence-electron chi connectivity index (χ1n) is 5.24. The molecule has 0 aliphatic rings. The fraction of sp³-hybridized carbons (Fsp3) is 0.364. The Kier molecular flexibility index (Phi) is 5.34. The van der Waals surface area contributed by atoms with Crippen LogP contribution in [0, 0.1) is 5.82 Å². The summed E-state index contributed by atoms with van der Waals surface area (Å²) in [6.07, 6.45) is -1.04. The molecule has 7 heteroatoms. The van der Waals surface area contributed by atoms with Crippen molar-refractivity contribution in [2.75, 3.05) is 25.6 Å². The van der Waals surface area contributed by atoms with Gasteiger partial charge in [-0.05, 0) is 12.1 Å². The molecule has 1 aromatic rings. The second-order valence-electron chi connectivity index (χ2n) is 3.52. The van der Waals surface area contributed by atoms with Gasteiger partial charge in [-0.2, -0.15) is 0 Å². The Hall–Kier alpha value is -1.86. The highest BCUT2D eigenvalue weighted by atomic mass is 19.1. The van der Waals surface area contributed by atoms with Gasteiger partial charge in [0.1, 0.15) is 11.6 Å². The number of urea groups is 1. The number of rotatable bonds is 5. The highest BCUT2D eigenvalue weighted by Gasteiger charge is 2.09. The van der Waals surface area contributed by atoms with E-state index in [0.29, 0.717) is 5.75 Å². The maximum Gasteiger partial charge on any atom is 0.319 e. The van der Waals surface area contributed by atoms with Crippen LogP contribution in [0.1, 0.15) is 0 Å². The lowest BCUT2D eigenvalue weighted by Gasteiger charge is -2.12. The Bertz CT molecular complexity index is 414. The zero-order chi connectivity index (χ0) is 13.5. The van der Waals surface area contributed by atoms with Crippen LogP contribution in [0.3, 0.4) is 0 Å². The van der Waals surface area contributed by atoms with Crippen LogP contribution in [0.4, 0.5) is 14.9 Å². The molecule has 0 spiro atoms. The molecule has 1 unspecified atom stereocenters. The number of aliphatic hydroxyl groups is 2. The maximum atomic E-state index is 13.0. The average Bonchev–Trinajstić information content (AvgIpc) is 2.36. The van der Waals surface area contributed by atoms with E-state index in [1.807, 2.05) is 0 Å². The van der Waals surface area contributed by atoms with Gasteiger partial charge in [0.25, 0.3) is 0 Å². The van der Waals surface area contributed by atoms with Gasteiger partial charge in [0.05, 0.1) is 25.5 Å². The quantitative estimate of drug-likeness (QED) is 0.611. The Morgan fingerprint density at radius 3 is 2.89 bits per heavy atom. The number of halogens is 1. The minimum atomic E-state index is -1.04. The molecule has 0 bridgehead atoms. The Morgan fingerprint density at radius 2 is 2.28 bits per heavy atom. The first kappa shape index (κ1) is 14.2. The molecule has 1 atom stereocenters. The molecule has 0 radical (unpaired) electrons. The minimum absolute atomic E-state index is 0.111. The summed E-state index contributed by atoms with van der Waals surface area (Å²) < 4.78 is 18.0. The fourth-order valence-electron chi connectivity index (χ4n) is 1.22. The molecule has 0 aromatic heterocycles. The van der Waals surface area contributed by atoms with Gasteiger partial charge in [0.15, 0.2) is 0 Å². The molecule has 100 valence electrons. The van der Waals surface area contributed by atoms with Crippen LogP contribution in [0.25, 0.3) is 0 Å². The SMILES string of the molecule is COc1ccc(F)cc1NC(=O)NCC(O)CO. The lowest BCUT2D eigenvalue weighted by atomic mass is 10.3. The number of methoxy groups -OCH3 is 1. The van der Waals surface area contributed by atoms with E-state index in [1.54, 1.807) is 0 Å². The second kappa shape index (κ2) is 6.77. The molecule has 0 fully saturated rings. The van der Waals surface area contributed by atoms with E-state index < -0.39 is 24.6 Å². The highest BCUT2D eigenvalue weighted by Crippen LogP contribution is 2.24. The molecule has 0 heterocycles. The van der Waals surface area contributed by atoms with E-state index in [2.05, 4.69) is 10.6 Å². The number of hydrogen-bond donors (Lipinski definition) is 4. The third-order valence-electron chi connectivity index (χ3n) is 2.12. The van der Waals surface area contributed by atoms with E-state index >= 15 is 0 Å². The van der Waals surface area contributed by atoms with Crippen molar-refractivity contribution in [2.24, 2.45) is 0 Å². The molecule has 4 N–H and O–H groups in total. The number of benzene rings is 1. The van der Waals surface area contributed by atoms with Crippen molar-refractivity contribution in [1.29, 1.82) is 0 Å². The van der Waals surface area contributed by atoms with Crippen LogP contribution in [-0.4, -0.2) is 42.6 Å². The van der Waals surface area contributed by atoms with Crippen LogP contribution < -0.4 is 15.4 Å². The van der Waals surface area contributed by atoms with Gasteiger partial charge in [-0.1, -0.05) is 0 Å². The molecule has 0 saturated heterocycles. The molecule has 6 nitrogen and oxygen atoms in total. The molecule has 1 aromatic carbocycles. The van der Waals surface area contributed by atoms with Crippen molar-refractivity contribution in [3.05, 3.63) is 24.0 Å². The summed E-state index contributed by atoms with van der Waals surface area (Å²) in [6.45, 7) is -0.566. The molecule has 1 rings (SSSR count). The van der Waals surface area contributed by atoms with Crippen molar-refractivity contribution < 1.29 is 24.1 Å². The third-order valence-corrected chi connectivity index (χ3v) is 2.12. The van der Waals surface area contributed by atoms with Crippen molar-refractivity contribution in [3.63, 3.8) is 0 Å². The monoisotopic (exact) mass is 258 g/mol. The van der Waals surface area contributed by atoms with Gasteiger partial charge in [-0.25, -0.2) is 9.18 Å². The first-order valence-corrected chi connectivity index (χ1v) is 5.24. The summed E-state index contributed by atoms with van der Waals surface area (Å²) in [7, 11) is 1.39. The number of hydrogen-bond acceptors (Lipinski definition) is 4. The maximum absolute atomic E-state index is 13.0. The van der Waals surface area contributed by atoms with Crippen molar-refractivity contribution >= 4 is 11.7 Å². The Labute approximate surface area is 103 Å². The molecular formula is C11H15FN2O4. The van der Waals surface area contributed by atoms with Gasteiger partial charge >= 0.3 is 6.03 Å². The molecule has 0 aliphatic carbocycles. The van der Waals surface area contributed by atoms with E-state index in [1.165, 1.54) is 19.2 Å². The standard InChI is InChI=1S/C11H15FN2O4/c1-18-10-3-2-7(12)4-9(10)14-11(17)13-5-8(16)6-15/h2-4,8,15-16H,5-6H2,1H3,(H2,13,14,17). The third kappa shape index (κ3) is 4.19. The number of carbonyl (C=O) groups is 1. The fourth-order valence-corrected chi connectivity index (χ4v) is 1.22. The summed E-state index contributed by atoms with van der Waals surface area (Å²) >= 11 is 0. The molecule has 18 heavy (non-hydrogen) atoms. The molecule has 2 amide bonds. The average molecular weight is 258 g/mol. The van der Waals surface area contributed by atoms with Crippen LogP contribution in [0.15, 0.2) is 18.2 Å². The molecule has 0 aliphatic heterocycles. The van der Waals surface area contributed by atoms with Gasteiger partial charge in [0, 0.05) is 12.6 Å². The summed E-state index contributed by atoms with van der Waals surface area (Å²) in [4.78, 5) is 11.4. The Balaban J connectivity index is 2.61. The van der Waals surface area contributed by atoms with Crippen molar-refractivity contribution in [1.82, 2.24) is 5.32 Å². The van der Waals surface area contributed by atoms with Crippen LogP contribution in [0.2, 0.25) is 0 Å². The number of anilines is 1. The normalized spacial score (nSPS) is 11.8. The van der Waals surface area contributed by atoms with E-state index in [0.717, 1.165) is 6.07 Å². The summed E-state index contributed by atoms with van der Waals surface area (Å²) in [5, 5.41) is 22.3. The minimum Gasteiger partial charge on any atom is -0.495 e. The number of aliphatic hydroxyl groups excluding tert-OH is 2. The van der Waals surface area contributed by atoms with Gasteiger partial charge in [0.2, 0.25) is 0 Å². The summed E-state index contributed by atoms with van der Waals surface area (Å²) in [5.41, 5.74) is 0.175. The van der Waals surface area contributed by atoms with Crippen molar-refractivity contribution in [2.45, 2.75) is 6.10 Å². The lowest BCUT2D eigenvalue weighted by molar-refractivity contribution is 0.0965. The number of nitrogens with one attached hydrogen (secondary N) is 2. The lowest BCUT2D eigenvalue weighted by Crippen LogP contribution is -2.36. The van der Waals surface area contributed by atoms with Gasteiger partial charge in [-0.3, -0.25) is 0 Å². The first-order chi connectivity index (χ1) is 8.56. The number of amides is 2. The topological polar surface area (TPSA) is 90.8 Å². The smallest absolute Gasteiger partial charge is 0.319 e. The predicted octanol–water partition coefficient (Wildman–Crippen LogP) is 0.309. The van der Waals surface area contributed by atoms with Gasteiger partial charge < -0.3 is 25.6 Å². The van der Waals surface area contributed by atoms with Crippen molar-refractivity contribution in [3.8, 4) is 5.75 Å². The van der Waals surface area contributed by atoms with E-state index in [9.17, 15) is 9.18 Å². The largest absolute Gasteiger partial charge is 0.495 e. The van der Waals surface area contributed by atoms with Gasteiger partial charge in [-0.15, -0.1) is 0 Å². The van der Waals surface area contributed by atoms with E-state index in [4.69, 9.17) is 14.9 Å². The zero-order valence-corrected chi connectivity index (χ0v) is 9.81. The highest BCUT2D eigenvalue weighted by molar-refractivity contribution is 5.90. The van der Waals surface area contributed by atoms with Crippen LogP contribution in [0.5, 0.6) is 5.75 Å². The second-order valence-corrected chi connectivity index (χ2v) is 3.52. The Morgan fingerprint density at radius 1 is 1.56 bits per heavy atom. The molecular weight excluding hydrogens is 243 g/mol. The number of carbonyl (C=O) groups excluding carboxylic acids is 1.